The number of esters is 2. The fourth-order valence-corrected chi connectivity index (χ4v) is 3.96. The topological polar surface area (TPSA) is 89.9 Å². The minimum Gasteiger partial charge on any atom is -0.460 e. The molecular weight excluding hydrogens is 408 g/mol. The first kappa shape index (κ1) is 24.4. The number of benzene rings is 1. The number of aliphatic hydroxyl groups is 1. The highest BCUT2D eigenvalue weighted by atomic mass is 35.5. The van der Waals surface area contributed by atoms with E-state index in [4.69, 9.17) is 21.1 Å². The first-order valence-electron chi connectivity index (χ1n) is 9.98. The third-order valence-corrected chi connectivity index (χ3v) is 5.10. The van der Waals surface area contributed by atoms with E-state index in [1.165, 1.54) is 6.92 Å². The van der Waals surface area contributed by atoms with Crippen molar-refractivity contribution in [2.24, 2.45) is 11.8 Å². The number of carbonyl (C=O) groups excluding carboxylic acids is 3. The number of halogens is 1. The molecule has 1 aliphatic rings. The van der Waals surface area contributed by atoms with Gasteiger partial charge in [-0.25, -0.2) is 0 Å². The molecule has 0 aromatic heterocycles. The summed E-state index contributed by atoms with van der Waals surface area (Å²) in [6.45, 7) is 11.7. The molecule has 7 heteroatoms. The van der Waals surface area contributed by atoms with Crippen LogP contribution in [0, 0.1) is 11.8 Å². The van der Waals surface area contributed by atoms with E-state index in [-0.39, 0.29) is 6.42 Å². The van der Waals surface area contributed by atoms with Gasteiger partial charge in [0.1, 0.15) is 17.1 Å². The van der Waals surface area contributed by atoms with Crippen LogP contribution in [-0.4, -0.2) is 39.6 Å². The van der Waals surface area contributed by atoms with Crippen LogP contribution in [0.1, 0.15) is 66.4 Å². The van der Waals surface area contributed by atoms with Gasteiger partial charge in [0, 0.05) is 17.4 Å². The van der Waals surface area contributed by atoms with Gasteiger partial charge in [-0.15, -0.1) is 0 Å². The van der Waals surface area contributed by atoms with Gasteiger partial charge in [-0.1, -0.05) is 23.7 Å². The lowest BCUT2D eigenvalue weighted by Crippen LogP contribution is -2.56. The van der Waals surface area contributed by atoms with E-state index in [1.54, 1.807) is 65.8 Å². The van der Waals surface area contributed by atoms with Crippen LogP contribution in [0.3, 0.4) is 0 Å². The van der Waals surface area contributed by atoms with Gasteiger partial charge < -0.3 is 14.6 Å². The molecule has 2 rings (SSSR count). The Morgan fingerprint density at radius 3 is 1.93 bits per heavy atom. The number of rotatable bonds is 3. The van der Waals surface area contributed by atoms with E-state index in [0.717, 1.165) is 0 Å². The van der Waals surface area contributed by atoms with Crippen LogP contribution < -0.4 is 0 Å². The molecule has 0 amide bonds. The molecule has 1 aromatic rings. The Balaban J connectivity index is 2.62. The zero-order chi connectivity index (χ0) is 23.1. The highest BCUT2D eigenvalue weighted by molar-refractivity contribution is 6.30. The first-order chi connectivity index (χ1) is 13.5. The van der Waals surface area contributed by atoms with Crippen LogP contribution in [0.2, 0.25) is 5.02 Å². The Labute approximate surface area is 182 Å². The van der Waals surface area contributed by atoms with E-state index in [1.807, 2.05) is 0 Å². The van der Waals surface area contributed by atoms with E-state index >= 15 is 0 Å². The Bertz CT molecular complexity index is 814. The lowest BCUT2D eigenvalue weighted by Gasteiger charge is -2.44. The Hall–Kier alpha value is -1.92. The molecule has 0 heterocycles. The second kappa shape index (κ2) is 8.31. The molecule has 0 radical (unpaired) electrons. The third-order valence-electron chi connectivity index (χ3n) is 4.84. The van der Waals surface area contributed by atoms with Crippen molar-refractivity contribution in [3.63, 3.8) is 0 Å². The monoisotopic (exact) mass is 438 g/mol. The molecule has 1 aromatic carbocycles. The largest absolute Gasteiger partial charge is 0.460 e. The molecule has 1 N–H and O–H groups in total. The van der Waals surface area contributed by atoms with E-state index < -0.39 is 52.3 Å². The van der Waals surface area contributed by atoms with Gasteiger partial charge in [0.25, 0.3) is 0 Å². The van der Waals surface area contributed by atoms with Gasteiger partial charge in [-0.2, -0.15) is 0 Å². The smallest absolute Gasteiger partial charge is 0.317 e. The molecule has 166 valence electrons. The number of hydrogen-bond acceptors (Lipinski definition) is 6. The van der Waals surface area contributed by atoms with Gasteiger partial charge in [-0.05, 0) is 66.2 Å². The molecule has 6 nitrogen and oxygen atoms in total. The Morgan fingerprint density at radius 2 is 1.47 bits per heavy atom. The van der Waals surface area contributed by atoms with Gasteiger partial charge >= 0.3 is 11.9 Å². The number of hydrogen-bond donors (Lipinski definition) is 1. The predicted molar refractivity (Wildman–Crippen MR) is 113 cm³/mol. The van der Waals surface area contributed by atoms with Crippen LogP contribution in [0.4, 0.5) is 0 Å². The van der Waals surface area contributed by atoms with Crippen molar-refractivity contribution in [3.8, 4) is 0 Å². The zero-order valence-electron chi connectivity index (χ0n) is 18.6. The van der Waals surface area contributed by atoms with Gasteiger partial charge in [0.15, 0.2) is 5.78 Å². The molecule has 0 bridgehead atoms. The molecule has 1 saturated carbocycles. The molecular formula is C23H31ClO6. The van der Waals surface area contributed by atoms with E-state index in [2.05, 4.69) is 0 Å². The Morgan fingerprint density at radius 1 is 1.00 bits per heavy atom. The average Bonchev–Trinajstić information content (AvgIpc) is 2.50. The third kappa shape index (κ3) is 5.82. The van der Waals surface area contributed by atoms with Crippen LogP contribution >= 0.6 is 11.6 Å². The van der Waals surface area contributed by atoms with E-state index in [0.29, 0.717) is 10.6 Å². The highest BCUT2D eigenvalue weighted by Crippen LogP contribution is 2.47. The number of Topliss-reactive ketones (excluding diaryl/α,β-unsaturated/α-hetero) is 1. The number of carbonyl (C=O) groups is 3. The maximum atomic E-state index is 13.2. The predicted octanol–water partition coefficient (Wildman–Crippen LogP) is 4.06. The van der Waals surface area contributed by atoms with Gasteiger partial charge in [0.05, 0.1) is 11.5 Å². The van der Waals surface area contributed by atoms with Crippen molar-refractivity contribution in [3.05, 3.63) is 34.9 Å². The number of ketones is 1. The SMILES string of the molecule is CC(C)(C)OC(=O)[C@H]1C(=O)C[C@@](C)(O)[C@@H](C(=O)OC(C)(C)C)[C@H]1c1ccc(Cl)cc1. The summed E-state index contributed by atoms with van der Waals surface area (Å²) in [5, 5.41) is 11.6. The summed E-state index contributed by atoms with van der Waals surface area (Å²) in [5.41, 5.74) is -2.79. The molecule has 0 aliphatic heterocycles. The molecule has 0 saturated heterocycles. The quantitative estimate of drug-likeness (QED) is 0.565. The summed E-state index contributed by atoms with van der Waals surface area (Å²) >= 11 is 6.01. The molecule has 4 atom stereocenters. The second-order valence-corrected chi connectivity index (χ2v) is 10.5. The van der Waals surface area contributed by atoms with Crippen LogP contribution in [0.15, 0.2) is 24.3 Å². The van der Waals surface area contributed by atoms with Crippen molar-refractivity contribution in [2.45, 2.75) is 77.6 Å². The number of ether oxygens (including phenoxy) is 2. The van der Waals surface area contributed by atoms with Gasteiger partial charge in [-0.3, -0.25) is 14.4 Å². The molecule has 0 unspecified atom stereocenters. The maximum Gasteiger partial charge on any atom is 0.317 e. The van der Waals surface area contributed by atoms with Crippen molar-refractivity contribution >= 4 is 29.3 Å². The standard InChI is InChI=1S/C23H31ClO6/c1-21(2,3)29-19(26)17-15(25)12-23(7,28)18(20(27)30-22(4,5)6)16(17)13-8-10-14(24)11-9-13/h8-11,16-18,28H,12H2,1-7H3/t16-,17-,18+,23+/m0/s1. The second-order valence-electron chi connectivity index (χ2n) is 10.1. The summed E-state index contributed by atoms with van der Waals surface area (Å²) in [6.07, 6.45) is -0.356. The lowest BCUT2D eigenvalue weighted by atomic mass is 9.61. The minimum absolute atomic E-state index is 0.356. The van der Waals surface area contributed by atoms with Crippen molar-refractivity contribution in [2.75, 3.05) is 0 Å². The molecule has 1 fully saturated rings. The molecule has 1 aliphatic carbocycles. The summed E-state index contributed by atoms with van der Waals surface area (Å²) < 4.78 is 11.1. The fourth-order valence-electron chi connectivity index (χ4n) is 3.83. The molecule has 30 heavy (non-hydrogen) atoms. The van der Waals surface area contributed by atoms with Crippen LogP contribution in [0.25, 0.3) is 0 Å². The fraction of sp³-hybridized carbons (Fsp3) is 0.609. The average molecular weight is 439 g/mol. The zero-order valence-corrected chi connectivity index (χ0v) is 19.4. The normalized spacial score (nSPS) is 27.5. The van der Waals surface area contributed by atoms with Crippen LogP contribution in [-0.2, 0) is 23.9 Å². The highest BCUT2D eigenvalue weighted by Gasteiger charge is 2.57. The maximum absolute atomic E-state index is 13.2. The lowest BCUT2D eigenvalue weighted by molar-refractivity contribution is -0.182. The minimum atomic E-state index is -1.69. The summed E-state index contributed by atoms with van der Waals surface area (Å²) in [5.74, 6) is -5.22. The summed E-state index contributed by atoms with van der Waals surface area (Å²) in [6, 6.07) is 6.53. The van der Waals surface area contributed by atoms with Crippen molar-refractivity contribution in [1.29, 1.82) is 0 Å². The Kier molecular flexibility index (Phi) is 6.74. The van der Waals surface area contributed by atoms with Crippen molar-refractivity contribution in [1.82, 2.24) is 0 Å². The van der Waals surface area contributed by atoms with Crippen molar-refractivity contribution < 1.29 is 29.0 Å². The van der Waals surface area contributed by atoms with E-state index in [9.17, 15) is 19.5 Å². The summed E-state index contributed by atoms with van der Waals surface area (Å²) in [7, 11) is 0. The molecule has 0 spiro atoms. The first-order valence-corrected chi connectivity index (χ1v) is 10.4. The van der Waals surface area contributed by atoms with Crippen LogP contribution in [0.5, 0.6) is 0 Å². The summed E-state index contributed by atoms with van der Waals surface area (Å²) in [4.78, 5) is 39.2. The van der Waals surface area contributed by atoms with Gasteiger partial charge in [0.2, 0.25) is 0 Å².